The summed E-state index contributed by atoms with van der Waals surface area (Å²) in [6.07, 6.45) is -0.638. The number of carbonyl (C=O) groups is 1. The lowest BCUT2D eigenvalue weighted by Gasteiger charge is -2.19. The number of aromatic carboxylic acids is 1. The highest BCUT2D eigenvalue weighted by atomic mass is 32.2. The molecule has 2 aromatic rings. The van der Waals surface area contributed by atoms with Gasteiger partial charge in [-0.15, -0.1) is 11.8 Å². The van der Waals surface area contributed by atoms with Gasteiger partial charge in [-0.25, -0.2) is 4.79 Å². The first kappa shape index (κ1) is 19.3. The van der Waals surface area contributed by atoms with Crippen LogP contribution >= 0.6 is 11.8 Å². The van der Waals surface area contributed by atoms with Gasteiger partial charge in [0.1, 0.15) is 12.4 Å². The van der Waals surface area contributed by atoms with Crippen LogP contribution in [0.1, 0.15) is 36.7 Å². The van der Waals surface area contributed by atoms with Crippen molar-refractivity contribution in [2.45, 2.75) is 37.2 Å². The summed E-state index contributed by atoms with van der Waals surface area (Å²) in [5.41, 5.74) is 1.57. The molecule has 2 aromatic carbocycles. The van der Waals surface area contributed by atoms with Gasteiger partial charge >= 0.3 is 5.97 Å². The molecule has 0 amide bonds. The minimum atomic E-state index is -1.000. The summed E-state index contributed by atoms with van der Waals surface area (Å²) in [5, 5.41) is 19.0. The molecule has 2 N–H and O–H groups in total. The largest absolute Gasteiger partial charge is 0.491 e. The van der Waals surface area contributed by atoms with Gasteiger partial charge in [0, 0.05) is 10.6 Å². The highest BCUT2D eigenvalue weighted by molar-refractivity contribution is 7.99. The van der Waals surface area contributed by atoms with Crippen molar-refractivity contribution in [2.24, 2.45) is 0 Å². The van der Waals surface area contributed by atoms with Crippen LogP contribution in [0.4, 0.5) is 0 Å². The number of aliphatic hydroxyl groups is 1. The number of hydrogen-bond acceptors (Lipinski definition) is 4. The zero-order valence-electron chi connectivity index (χ0n) is 14.7. The van der Waals surface area contributed by atoms with Gasteiger partial charge in [-0.3, -0.25) is 0 Å². The van der Waals surface area contributed by atoms with Crippen molar-refractivity contribution >= 4 is 17.7 Å². The fourth-order valence-electron chi connectivity index (χ4n) is 2.20. The molecule has 1 atom stereocenters. The Kier molecular flexibility index (Phi) is 6.51. The third-order valence-electron chi connectivity index (χ3n) is 3.69. The van der Waals surface area contributed by atoms with Crippen molar-refractivity contribution in [3.8, 4) is 5.75 Å². The first-order valence-corrected chi connectivity index (χ1v) is 9.12. The number of thioether (sulfide) groups is 1. The Hall–Kier alpha value is -1.98. The van der Waals surface area contributed by atoms with Crippen LogP contribution in [0.5, 0.6) is 5.75 Å². The smallest absolute Gasteiger partial charge is 0.335 e. The van der Waals surface area contributed by atoms with E-state index < -0.39 is 12.1 Å². The second-order valence-corrected chi connectivity index (χ2v) is 7.98. The Bertz CT molecular complexity index is 704. The SMILES string of the molecule is CC(C)(C)c1ccc(SCC(O)COc2cccc(C(=O)O)c2)cc1. The zero-order chi connectivity index (χ0) is 18.4. The Balaban J connectivity index is 1.82. The van der Waals surface area contributed by atoms with Crippen LogP contribution in [0.3, 0.4) is 0 Å². The highest BCUT2D eigenvalue weighted by Crippen LogP contribution is 2.26. The van der Waals surface area contributed by atoms with E-state index in [2.05, 4.69) is 45.0 Å². The number of carboxylic acid groups (broad SMARTS) is 1. The number of carboxylic acids is 1. The molecule has 0 aliphatic heterocycles. The van der Waals surface area contributed by atoms with Gasteiger partial charge in [0.05, 0.1) is 11.7 Å². The van der Waals surface area contributed by atoms with Gasteiger partial charge in [0.15, 0.2) is 0 Å². The Labute approximate surface area is 152 Å². The molecule has 0 heterocycles. The summed E-state index contributed by atoms with van der Waals surface area (Å²) < 4.78 is 5.48. The lowest BCUT2D eigenvalue weighted by Crippen LogP contribution is -2.20. The number of aliphatic hydroxyl groups excluding tert-OH is 1. The van der Waals surface area contributed by atoms with E-state index in [1.807, 2.05) is 0 Å². The van der Waals surface area contributed by atoms with E-state index in [0.29, 0.717) is 11.5 Å². The maximum absolute atomic E-state index is 10.9. The zero-order valence-corrected chi connectivity index (χ0v) is 15.5. The number of hydrogen-bond donors (Lipinski definition) is 2. The predicted octanol–water partition coefficient (Wildman–Crippen LogP) is 4.21. The van der Waals surface area contributed by atoms with E-state index in [9.17, 15) is 9.90 Å². The van der Waals surface area contributed by atoms with Gasteiger partial charge in [0.25, 0.3) is 0 Å². The number of rotatable bonds is 7. The summed E-state index contributed by atoms with van der Waals surface area (Å²) >= 11 is 1.57. The second kappa shape index (κ2) is 8.41. The number of ether oxygens (including phenoxy) is 1. The number of benzene rings is 2. The van der Waals surface area contributed by atoms with Crippen molar-refractivity contribution in [3.05, 3.63) is 59.7 Å². The molecule has 0 saturated carbocycles. The minimum Gasteiger partial charge on any atom is -0.491 e. The molecule has 0 bridgehead atoms. The van der Waals surface area contributed by atoms with Crippen LogP contribution in [-0.4, -0.2) is 34.6 Å². The lowest BCUT2D eigenvalue weighted by molar-refractivity contribution is 0.0696. The first-order valence-electron chi connectivity index (χ1n) is 8.13. The normalized spacial score (nSPS) is 12.6. The molecule has 4 nitrogen and oxygen atoms in total. The highest BCUT2D eigenvalue weighted by Gasteiger charge is 2.13. The van der Waals surface area contributed by atoms with Gasteiger partial charge < -0.3 is 14.9 Å². The maximum Gasteiger partial charge on any atom is 0.335 e. The maximum atomic E-state index is 10.9. The molecule has 0 spiro atoms. The van der Waals surface area contributed by atoms with E-state index in [-0.39, 0.29) is 17.6 Å². The van der Waals surface area contributed by atoms with E-state index in [1.54, 1.807) is 23.9 Å². The van der Waals surface area contributed by atoms with E-state index in [0.717, 1.165) is 4.90 Å². The van der Waals surface area contributed by atoms with Gasteiger partial charge in [-0.05, 0) is 41.3 Å². The monoisotopic (exact) mass is 360 g/mol. The third-order valence-corrected chi connectivity index (χ3v) is 4.84. The second-order valence-electron chi connectivity index (χ2n) is 6.88. The summed E-state index contributed by atoms with van der Waals surface area (Å²) in [7, 11) is 0. The van der Waals surface area contributed by atoms with Gasteiger partial charge in [-0.1, -0.05) is 39.0 Å². The quantitative estimate of drug-likeness (QED) is 0.724. The Morgan fingerprint density at radius 2 is 1.84 bits per heavy atom. The first-order chi connectivity index (χ1) is 11.8. The van der Waals surface area contributed by atoms with Crippen LogP contribution in [-0.2, 0) is 5.41 Å². The van der Waals surface area contributed by atoms with Crippen molar-refractivity contribution < 1.29 is 19.7 Å². The summed E-state index contributed by atoms with van der Waals surface area (Å²) in [6, 6.07) is 14.6. The van der Waals surface area contributed by atoms with Crippen LogP contribution in [0.2, 0.25) is 0 Å². The molecule has 0 saturated heterocycles. The minimum absolute atomic E-state index is 0.121. The molecule has 0 radical (unpaired) electrons. The van der Waals surface area contributed by atoms with E-state index in [1.165, 1.54) is 17.7 Å². The van der Waals surface area contributed by atoms with Crippen molar-refractivity contribution in [1.29, 1.82) is 0 Å². The van der Waals surface area contributed by atoms with Crippen LogP contribution < -0.4 is 4.74 Å². The van der Waals surface area contributed by atoms with E-state index >= 15 is 0 Å². The summed E-state index contributed by atoms with van der Waals surface area (Å²) in [5.74, 6) is -0.0493. The van der Waals surface area contributed by atoms with Crippen LogP contribution in [0.25, 0.3) is 0 Å². The molecule has 5 heteroatoms. The van der Waals surface area contributed by atoms with Crippen LogP contribution in [0, 0.1) is 0 Å². The predicted molar refractivity (Wildman–Crippen MR) is 101 cm³/mol. The molecular formula is C20H24O4S. The molecule has 0 fully saturated rings. The molecule has 0 aliphatic carbocycles. The fourth-order valence-corrected chi connectivity index (χ4v) is 3.01. The third kappa shape index (κ3) is 6.11. The van der Waals surface area contributed by atoms with Gasteiger partial charge in [-0.2, -0.15) is 0 Å². The van der Waals surface area contributed by atoms with E-state index in [4.69, 9.17) is 9.84 Å². The summed E-state index contributed by atoms with van der Waals surface area (Å²) in [4.78, 5) is 12.0. The van der Waals surface area contributed by atoms with Crippen molar-refractivity contribution in [2.75, 3.05) is 12.4 Å². The van der Waals surface area contributed by atoms with Crippen LogP contribution in [0.15, 0.2) is 53.4 Å². The average molecular weight is 360 g/mol. The molecule has 2 rings (SSSR count). The average Bonchev–Trinajstić information content (AvgIpc) is 2.58. The topological polar surface area (TPSA) is 66.8 Å². The molecule has 0 aromatic heterocycles. The molecule has 134 valence electrons. The molecule has 0 aliphatic rings. The molecular weight excluding hydrogens is 336 g/mol. The Morgan fingerprint density at radius 3 is 2.44 bits per heavy atom. The fraction of sp³-hybridized carbons (Fsp3) is 0.350. The van der Waals surface area contributed by atoms with Crippen molar-refractivity contribution in [1.82, 2.24) is 0 Å². The lowest BCUT2D eigenvalue weighted by atomic mass is 9.87. The molecule has 1 unspecified atom stereocenters. The van der Waals surface area contributed by atoms with Gasteiger partial charge in [0.2, 0.25) is 0 Å². The molecule has 25 heavy (non-hydrogen) atoms. The van der Waals surface area contributed by atoms with Crippen molar-refractivity contribution in [3.63, 3.8) is 0 Å². The standard InChI is InChI=1S/C20H24O4S/c1-20(2,3)15-7-9-18(10-8-15)25-13-16(21)12-24-17-6-4-5-14(11-17)19(22)23/h4-11,16,21H,12-13H2,1-3H3,(H,22,23). The Morgan fingerprint density at radius 1 is 1.16 bits per heavy atom. The summed E-state index contributed by atoms with van der Waals surface area (Å²) in [6.45, 7) is 6.65.